The molecular weight excluding hydrogens is 214 g/mol. The Morgan fingerprint density at radius 3 is 2.76 bits per heavy atom. The van der Waals surface area contributed by atoms with E-state index in [1.165, 1.54) is 0 Å². The molecule has 4 heteroatoms. The summed E-state index contributed by atoms with van der Waals surface area (Å²) in [7, 11) is 3.51. The SMILES string of the molecule is CNc1cnc(-c2cccc(OC)c2)nc1C. The molecule has 0 saturated carbocycles. The quantitative estimate of drug-likeness (QED) is 0.878. The maximum absolute atomic E-state index is 5.18. The highest BCUT2D eigenvalue weighted by Gasteiger charge is 2.05. The average molecular weight is 229 g/mol. The zero-order chi connectivity index (χ0) is 12.3. The van der Waals surface area contributed by atoms with E-state index in [0.29, 0.717) is 5.82 Å². The van der Waals surface area contributed by atoms with Gasteiger partial charge in [0, 0.05) is 12.6 Å². The Bertz CT molecular complexity index is 526. The molecule has 0 unspecified atom stereocenters. The second kappa shape index (κ2) is 4.82. The third kappa shape index (κ3) is 2.36. The van der Waals surface area contributed by atoms with Crippen LogP contribution in [0.3, 0.4) is 0 Å². The van der Waals surface area contributed by atoms with Gasteiger partial charge in [0.1, 0.15) is 5.75 Å². The van der Waals surface area contributed by atoms with E-state index in [9.17, 15) is 0 Å². The number of hydrogen-bond donors (Lipinski definition) is 1. The maximum Gasteiger partial charge on any atom is 0.159 e. The minimum absolute atomic E-state index is 0.709. The molecular formula is C13H15N3O. The molecule has 0 fully saturated rings. The van der Waals surface area contributed by atoms with Crippen LogP contribution in [0.25, 0.3) is 11.4 Å². The van der Waals surface area contributed by atoms with Gasteiger partial charge in [0.05, 0.1) is 24.7 Å². The van der Waals surface area contributed by atoms with Crippen molar-refractivity contribution in [2.24, 2.45) is 0 Å². The molecule has 0 spiro atoms. The molecule has 1 aromatic heterocycles. The smallest absolute Gasteiger partial charge is 0.159 e. The number of aryl methyl sites for hydroxylation is 1. The summed E-state index contributed by atoms with van der Waals surface area (Å²) in [4.78, 5) is 8.79. The van der Waals surface area contributed by atoms with Crippen LogP contribution in [-0.2, 0) is 0 Å². The van der Waals surface area contributed by atoms with Crippen molar-refractivity contribution in [1.29, 1.82) is 0 Å². The second-order valence-corrected chi connectivity index (χ2v) is 3.67. The molecule has 0 aliphatic carbocycles. The molecule has 0 aliphatic rings. The van der Waals surface area contributed by atoms with Gasteiger partial charge in [-0.3, -0.25) is 0 Å². The number of hydrogen-bond acceptors (Lipinski definition) is 4. The number of methoxy groups -OCH3 is 1. The van der Waals surface area contributed by atoms with Gasteiger partial charge in [-0.05, 0) is 19.1 Å². The Hall–Kier alpha value is -2.10. The zero-order valence-corrected chi connectivity index (χ0v) is 10.2. The molecule has 0 amide bonds. The van der Waals surface area contributed by atoms with Crippen molar-refractivity contribution in [3.63, 3.8) is 0 Å². The fourth-order valence-corrected chi connectivity index (χ4v) is 1.61. The van der Waals surface area contributed by atoms with Gasteiger partial charge in [-0.1, -0.05) is 12.1 Å². The first-order valence-electron chi connectivity index (χ1n) is 5.40. The number of anilines is 1. The van der Waals surface area contributed by atoms with Crippen molar-refractivity contribution in [1.82, 2.24) is 9.97 Å². The van der Waals surface area contributed by atoms with E-state index in [1.54, 1.807) is 13.3 Å². The van der Waals surface area contributed by atoms with E-state index >= 15 is 0 Å². The minimum atomic E-state index is 0.709. The van der Waals surface area contributed by atoms with Crippen LogP contribution in [0.15, 0.2) is 30.5 Å². The summed E-state index contributed by atoms with van der Waals surface area (Å²) < 4.78 is 5.18. The standard InChI is InChI=1S/C13H15N3O/c1-9-12(14-2)8-15-13(16-9)10-5-4-6-11(7-10)17-3/h4-8,14H,1-3H3. The highest BCUT2D eigenvalue weighted by Crippen LogP contribution is 2.22. The van der Waals surface area contributed by atoms with Crippen molar-refractivity contribution in [3.8, 4) is 17.1 Å². The van der Waals surface area contributed by atoms with Gasteiger partial charge >= 0.3 is 0 Å². The predicted molar refractivity (Wildman–Crippen MR) is 68.3 cm³/mol. The van der Waals surface area contributed by atoms with Crippen LogP contribution in [-0.4, -0.2) is 24.1 Å². The number of aromatic nitrogens is 2. The first kappa shape index (κ1) is 11.4. The van der Waals surface area contributed by atoms with Crippen molar-refractivity contribution < 1.29 is 4.74 Å². The lowest BCUT2D eigenvalue weighted by atomic mass is 10.2. The Morgan fingerprint density at radius 2 is 2.12 bits per heavy atom. The van der Waals surface area contributed by atoms with Crippen LogP contribution < -0.4 is 10.1 Å². The molecule has 0 bridgehead atoms. The number of ether oxygens (including phenoxy) is 1. The van der Waals surface area contributed by atoms with Crippen molar-refractivity contribution >= 4 is 5.69 Å². The Kier molecular flexibility index (Phi) is 3.23. The van der Waals surface area contributed by atoms with E-state index in [1.807, 2.05) is 38.2 Å². The molecule has 0 saturated heterocycles. The summed E-state index contributed by atoms with van der Waals surface area (Å²) in [6, 6.07) is 7.72. The largest absolute Gasteiger partial charge is 0.497 e. The number of nitrogens with zero attached hydrogens (tertiary/aromatic N) is 2. The molecule has 1 N–H and O–H groups in total. The van der Waals surface area contributed by atoms with Crippen molar-refractivity contribution in [2.75, 3.05) is 19.5 Å². The topological polar surface area (TPSA) is 47.0 Å². The normalized spacial score (nSPS) is 10.1. The Morgan fingerprint density at radius 1 is 1.29 bits per heavy atom. The zero-order valence-electron chi connectivity index (χ0n) is 10.2. The lowest BCUT2D eigenvalue weighted by molar-refractivity contribution is 0.415. The summed E-state index contributed by atoms with van der Waals surface area (Å²) >= 11 is 0. The third-order valence-electron chi connectivity index (χ3n) is 2.58. The van der Waals surface area contributed by atoms with E-state index in [0.717, 1.165) is 22.7 Å². The van der Waals surface area contributed by atoms with Gasteiger partial charge in [0.2, 0.25) is 0 Å². The van der Waals surface area contributed by atoms with E-state index in [4.69, 9.17) is 4.74 Å². The van der Waals surface area contributed by atoms with Crippen molar-refractivity contribution in [3.05, 3.63) is 36.2 Å². The minimum Gasteiger partial charge on any atom is -0.497 e. The lowest BCUT2D eigenvalue weighted by Crippen LogP contribution is -1.98. The molecule has 17 heavy (non-hydrogen) atoms. The summed E-state index contributed by atoms with van der Waals surface area (Å²) in [5, 5.41) is 3.05. The monoisotopic (exact) mass is 229 g/mol. The highest BCUT2D eigenvalue weighted by atomic mass is 16.5. The van der Waals surface area contributed by atoms with Crippen LogP contribution in [0.5, 0.6) is 5.75 Å². The maximum atomic E-state index is 5.18. The van der Waals surface area contributed by atoms with Crippen LogP contribution >= 0.6 is 0 Å². The fraction of sp³-hybridized carbons (Fsp3) is 0.231. The van der Waals surface area contributed by atoms with Crippen LogP contribution in [0.1, 0.15) is 5.69 Å². The van der Waals surface area contributed by atoms with Crippen LogP contribution in [0, 0.1) is 6.92 Å². The summed E-state index contributed by atoms with van der Waals surface area (Å²) in [6.07, 6.45) is 1.79. The molecule has 0 atom stereocenters. The van der Waals surface area contributed by atoms with E-state index in [2.05, 4.69) is 15.3 Å². The van der Waals surface area contributed by atoms with Gasteiger partial charge in [0.25, 0.3) is 0 Å². The van der Waals surface area contributed by atoms with Gasteiger partial charge in [-0.25, -0.2) is 9.97 Å². The van der Waals surface area contributed by atoms with Gasteiger partial charge in [0.15, 0.2) is 5.82 Å². The predicted octanol–water partition coefficient (Wildman–Crippen LogP) is 2.50. The van der Waals surface area contributed by atoms with Gasteiger partial charge in [-0.15, -0.1) is 0 Å². The average Bonchev–Trinajstić information content (AvgIpc) is 2.38. The highest BCUT2D eigenvalue weighted by molar-refractivity contribution is 5.59. The number of benzene rings is 1. The molecule has 2 rings (SSSR count). The summed E-state index contributed by atoms with van der Waals surface area (Å²) in [6.45, 7) is 1.96. The van der Waals surface area contributed by atoms with E-state index < -0.39 is 0 Å². The molecule has 1 heterocycles. The van der Waals surface area contributed by atoms with E-state index in [-0.39, 0.29) is 0 Å². The van der Waals surface area contributed by atoms with Gasteiger partial charge < -0.3 is 10.1 Å². The second-order valence-electron chi connectivity index (χ2n) is 3.67. The molecule has 0 aliphatic heterocycles. The van der Waals surface area contributed by atoms with Gasteiger partial charge in [-0.2, -0.15) is 0 Å². The fourth-order valence-electron chi connectivity index (χ4n) is 1.61. The lowest BCUT2D eigenvalue weighted by Gasteiger charge is -2.07. The summed E-state index contributed by atoms with van der Waals surface area (Å²) in [5.74, 6) is 1.52. The molecule has 88 valence electrons. The first-order chi connectivity index (χ1) is 8.24. The molecule has 0 radical (unpaired) electrons. The molecule has 4 nitrogen and oxygen atoms in total. The number of nitrogens with one attached hydrogen (secondary N) is 1. The Labute approximate surface area is 101 Å². The molecule has 1 aromatic carbocycles. The van der Waals surface area contributed by atoms with Crippen LogP contribution in [0.4, 0.5) is 5.69 Å². The van der Waals surface area contributed by atoms with Crippen LogP contribution in [0.2, 0.25) is 0 Å². The third-order valence-corrected chi connectivity index (χ3v) is 2.58. The summed E-state index contributed by atoms with van der Waals surface area (Å²) in [5.41, 5.74) is 2.83. The first-order valence-corrected chi connectivity index (χ1v) is 5.40. The number of rotatable bonds is 3. The van der Waals surface area contributed by atoms with Crippen molar-refractivity contribution in [2.45, 2.75) is 6.92 Å². The Balaban J connectivity index is 2.42. The molecule has 2 aromatic rings.